The lowest BCUT2D eigenvalue weighted by Gasteiger charge is -2.36. The number of sulfone groups is 1. The average Bonchev–Trinajstić information content (AvgIpc) is 2.76. The van der Waals surface area contributed by atoms with Crippen molar-refractivity contribution in [3.8, 4) is 0 Å². The average molecular weight is 302 g/mol. The van der Waals surface area contributed by atoms with Gasteiger partial charge in [-0.05, 0) is 38.6 Å². The quantitative estimate of drug-likeness (QED) is 0.789. The molecule has 0 bridgehead atoms. The zero-order valence-corrected chi connectivity index (χ0v) is 13.1. The van der Waals surface area contributed by atoms with Crippen LogP contribution >= 0.6 is 0 Å². The van der Waals surface area contributed by atoms with Gasteiger partial charge < -0.3 is 10.6 Å². The smallest absolute Gasteiger partial charge is 0.227 e. The molecule has 2 saturated heterocycles. The van der Waals surface area contributed by atoms with Crippen molar-refractivity contribution in [3.05, 3.63) is 0 Å². The van der Waals surface area contributed by atoms with Gasteiger partial charge in [0.05, 0.1) is 16.4 Å². The van der Waals surface area contributed by atoms with Crippen LogP contribution in [0.4, 0.5) is 0 Å². The second-order valence-corrected chi connectivity index (χ2v) is 8.55. The Morgan fingerprint density at radius 3 is 2.75 bits per heavy atom. The Kier molecular flexibility index (Phi) is 5.07. The van der Waals surface area contributed by atoms with Crippen molar-refractivity contribution < 1.29 is 13.2 Å². The molecule has 116 valence electrons. The van der Waals surface area contributed by atoms with Crippen molar-refractivity contribution in [2.45, 2.75) is 50.7 Å². The van der Waals surface area contributed by atoms with Crippen LogP contribution in [0.3, 0.4) is 0 Å². The third-order valence-electron chi connectivity index (χ3n) is 4.64. The van der Waals surface area contributed by atoms with Crippen molar-refractivity contribution in [2.75, 3.05) is 25.4 Å². The van der Waals surface area contributed by atoms with E-state index in [-0.39, 0.29) is 28.9 Å². The summed E-state index contributed by atoms with van der Waals surface area (Å²) in [5, 5.41) is 5.85. The Hall–Kier alpha value is -0.620. The van der Waals surface area contributed by atoms with Crippen LogP contribution in [-0.4, -0.2) is 45.0 Å². The first-order chi connectivity index (χ1) is 9.50. The Bertz CT molecular complexity index is 436. The molecule has 1 amide bonds. The van der Waals surface area contributed by atoms with Gasteiger partial charge in [0, 0.05) is 13.1 Å². The van der Waals surface area contributed by atoms with Crippen LogP contribution in [0.5, 0.6) is 0 Å². The van der Waals surface area contributed by atoms with Crippen LogP contribution in [0.25, 0.3) is 0 Å². The first-order valence-corrected chi connectivity index (χ1v) is 9.42. The molecule has 0 saturated carbocycles. The van der Waals surface area contributed by atoms with Crippen LogP contribution < -0.4 is 10.6 Å². The van der Waals surface area contributed by atoms with Crippen molar-refractivity contribution >= 4 is 15.7 Å². The minimum absolute atomic E-state index is 0.0358. The zero-order chi connectivity index (χ0) is 14.6. The van der Waals surface area contributed by atoms with E-state index in [4.69, 9.17) is 0 Å². The second-order valence-electron chi connectivity index (χ2n) is 6.15. The molecule has 0 aliphatic carbocycles. The molecule has 2 rings (SSSR count). The Morgan fingerprint density at radius 2 is 2.20 bits per heavy atom. The highest BCUT2D eigenvalue weighted by molar-refractivity contribution is 7.92. The van der Waals surface area contributed by atoms with Gasteiger partial charge >= 0.3 is 0 Å². The number of rotatable bonds is 5. The number of hydrogen-bond acceptors (Lipinski definition) is 4. The van der Waals surface area contributed by atoms with E-state index in [9.17, 15) is 13.2 Å². The summed E-state index contributed by atoms with van der Waals surface area (Å²) in [5.74, 6) is 0.309. The van der Waals surface area contributed by atoms with Crippen LogP contribution in [0.2, 0.25) is 0 Å². The third kappa shape index (κ3) is 3.34. The fourth-order valence-electron chi connectivity index (χ4n) is 3.45. The molecule has 2 unspecified atom stereocenters. The highest BCUT2D eigenvalue weighted by atomic mass is 32.2. The van der Waals surface area contributed by atoms with E-state index in [1.807, 2.05) is 0 Å². The maximum absolute atomic E-state index is 12.5. The number of nitrogens with one attached hydrogen (secondary N) is 2. The van der Waals surface area contributed by atoms with E-state index in [0.717, 1.165) is 38.6 Å². The first-order valence-electron chi connectivity index (χ1n) is 7.71. The SMILES string of the molecule is CCCC1(C(=O)NCC2CCCS2(=O)=O)CCCNC1. The molecule has 0 aromatic rings. The van der Waals surface area contributed by atoms with E-state index in [1.165, 1.54) is 0 Å². The van der Waals surface area contributed by atoms with E-state index in [1.54, 1.807) is 0 Å². The van der Waals surface area contributed by atoms with Crippen molar-refractivity contribution in [2.24, 2.45) is 5.41 Å². The van der Waals surface area contributed by atoms with E-state index < -0.39 is 9.84 Å². The lowest BCUT2D eigenvalue weighted by molar-refractivity contribution is -0.132. The van der Waals surface area contributed by atoms with Gasteiger partial charge in [0.25, 0.3) is 0 Å². The third-order valence-corrected chi connectivity index (χ3v) is 6.91. The van der Waals surface area contributed by atoms with Gasteiger partial charge in [-0.3, -0.25) is 4.79 Å². The molecule has 0 radical (unpaired) electrons. The molecule has 20 heavy (non-hydrogen) atoms. The Morgan fingerprint density at radius 1 is 1.40 bits per heavy atom. The molecule has 0 aromatic heterocycles. The standard InChI is InChI=1S/C14H26N2O3S/c1-2-6-14(7-4-8-15-11-14)13(17)16-10-12-5-3-9-20(12,18)19/h12,15H,2-11H2,1H3,(H,16,17). The van der Waals surface area contributed by atoms with Gasteiger partial charge in [-0.2, -0.15) is 0 Å². The predicted molar refractivity (Wildman–Crippen MR) is 79.3 cm³/mol. The molecule has 2 fully saturated rings. The van der Waals surface area contributed by atoms with Crippen LogP contribution in [0, 0.1) is 5.41 Å². The number of amides is 1. The number of piperidine rings is 1. The number of carbonyl (C=O) groups is 1. The van der Waals surface area contributed by atoms with Crippen molar-refractivity contribution in [1.29, 1.82) is 0 Å². The molecule has 6 heteroatoms. The zero-order valence-electron chi connectivity index (χ0n) is 12.3. The summed E-state index contributed by atoms with van der Waals surface area (Å²) in [6.07, 6.45) is 5.15. The van der Waals surface area contributed by atoms with Crippen molar-refractivity contribution in [1.82, 2.24) is 10.6 Å². The summed E-state index contributed by atoms with van der Waals surface area (Å²) >= 11 is 0. The maximum atomic E-state index is 12.5. The second kappa shape index (κ2) is 6.43. The Labute approximate surface area is 121 Å². The van der Waals surface area contributed by atoms with E-state index in [0.29, 0.717) is 13.0 Å². The van der Waals surface area contributed by atoms with Gasteiger partial charge in [0.2, 0.25) is 5.91 Å². The first kappa shape index (κ1) is 15.8. The van der Waals surface area contributed by atoms with Crippen LogP contribution in [-0.2, 0) is 14.6 Å². The number of hydrogen-bond donors (Lipinski definition) is 2. The fourth-order valence-corrected chi connectivity index (χ4v) is 5.21. The molecular formula is C14H26N2O3S. The summed E-state index contributed by atoms with van der Waals surface area (Å²) in [4.78, 5) is 12.5. The van der Waals surface area contributed by atoms with E-state index >= 15 is 0 Å². The summed E-state index contributed by atoms with van der Waals surface area (Å²) in [7, 11) is -2.98. The lowest BCUT2D eigenvalue weighted by Crippen LogP contribution is -2.51. The molecule has 2 heterocycles. The minimum Gasteiger partial charge on any atom is -0.354 e. The van der Waals surface area contributed by atoms with Gasteiger partial charge in [0.1, 0.15) is 0 Å². The highest BCUT2D eigenvalue weighted by Crippen LogP contribution is 2.32. The largest absolute Gasteiger partial charge is 0.354 e. The fraction of sp³-hybridized carbons (Fsp3) is 0.929. The molecule has 0 spiro atoms. The highest BCUT2D eigenvalue weighted by Gasteiger charge is 2.39. The van der Waals surface area contributed by atoms with Gasteiger partial charge in [0.15, 0.2) is 9.84 Å². The molecule has 2 aliphatic rings. The lowest BCUT2D eigenvalue weighted by atomic mass is 9.76. The predicted octanol–water partition coefficient (Wildman–Crippen LogP) is 0.850. The molecule has 2 aliphatic heterocycles. The number of carbonyl (C=O) groups excluding carboxylic acids is 1. The van der Waals surface area contributed by atoms with Gasteiger partial charge in [-0.15, -0.1) is 0 Å². The summed E-state index contributed by atoms with van der Waals surface area (Å²) < 4.78 is 23.6. The molecule has 2 N–H and O–H groups in total. The van der Waals surface area contributed by atoms with Gasteiger partial charge in [-0.1, -0.05) is 13.3 Å². The van der Waals surface area contributed by atoms with Crippen LogP contribution in [0.1, 0.15) is 45.4 Å². The summed E-state index contributed by atoms with van der Waals surface area (Å²) in [5.41, 5.74) is -0.338. The topological polar surface area (TPSA) is 75.3 Å². The molecule has 5 nitrogen and oxygen atoms in total. The van der Waals surface area contributed by atoms with Gasteiger partial charge in [-0.25, -0.2) is 8.42 Å². The molecule has 0 aromatic carbocycles. The van der Waals surface area contributed by atoms with E-state index in [2.05, 4.69) is 17.6 Å². The monoisotopic (exact) mass is 302 g/mol. The van der Waals surface area contributed by atoms with Crippen LogP contribution in [0.15, 0.2) is 0 Å². The summed E-state index contributed by atoms with van der Waals surface area (Å²) in [6.45, 7) is 4.05. The summed E-state index contributed by atoms with van der Waals surface area (Å²) in [6, 6.07) is 0. The molecule has 2 atom stereocenters. The molecular weight excluding hydrogens is 276 g/mol. The Balaban J connectivity index is 1.95. The van der Waals surface area contributed by atoms with Crippen molar-refractivity contribution in [3.63, 3.8) is 0 Å². The normalized spacial score (nSPS) is 33.0. The minimum atomic E-state index is -2.98. The maximum Gasteiger partial charge on any atom is 0.227 e.